The molecule has 0 saturated carbocycles. The minimum atomic E-state index is -0.00807. The average Bonchev–Trinajstić information content (AvgIpc) is 2.96. The van der Waals surface area contributed by atoms with Crippen molar-refractivity contribution in [2.45, 2.75) is 6.54 Å². The Morgan fingerprint density at radius 1 is 1.11 bits per heavy atom. The van der Waals surface area contributed by atoms with Gasteiger partial charge in [0.15, 0.2) is 5.78 Å². The van der Waals surface area contributed by atoms with Crippen LogP contribution >= 0.6 is 0 Å². The van der Waals surface area contributed by atoms with Gasteiger partial charge in [-0.05, 0) is 42.5 Å². The molecule has 0 fully saturated rings. The molecule has 0 bridgehead atoms. The number of aryl methyl sites for hydroxylation is 1. The number of pyridine rings is 1. The van der Waals surface area contributed by atoms with Crippen molar-refractivity contribution >= 4 is 33.9 Å². The van der Waals surface area contributed by atoms with Crippen molar-refractivity contribution in [2.75, 3.05) is 10.6 Å². The van der Waals surface area contributed by atoms with Gasteiger partial charge in [-0.25, -0.2) is 4.98 Å². The van der Waals surface area contributed by atoms with Crippen molar-refractivity contribution in [2.24, 2.45) is 7.05 Å². The molecule has 5 rings (SSSR count). The van der Waals surface area contributed by atoms with Gasteiger partial charge >= 0.3 is 0 Å². The van der Waals surface area contributed by atoms with E-state index in [4.69, 9.17) is 0 Å². The summed E-state index contributed by atoms with van der Waals surface area (Å²) in [6.07, 6.45) is 3.76. The molecule has 3 heterocycles. The number of ketones is 1. The molecule has 0 atom stereocenters. The zero-order valence-electron chi connectivity index (χ0n) is 14.9. The van der Waals surface area contributed by atoms with Gasteiger partial charge in [-0.2, -0.15) is 0 Å². The number of nitrogens with zero attached hydrogens (tertiary/aromatic N) is 2. The van der Waals surface area contributed by atoms with E-state index in [1.807, 2.05) is 72.4 Å². The van der Waals surface area contributed by atoms with Gasteiger partial charge < -0.3 is 15.2 Å². The van der Waals surface area contributed by atoms with Crippen LogP contribution in [0.2, 0.25) is 0 Å². The molecule has 4 aromatic rings. The number of aromatic nitrogens is 2. The predicted octanol–water partition coefficient (Wildman–Crippen LogP) is 4.47. The average molecular weight is 354 g/mol. The number of hydrogen-bond donors (Lipinski definition) is 2. The van der Waals surface area contributed by atoms with Crippen LogP contribution in [0.4, 0.5) is 17.2 Å². The largest absolute Gasteiger partial charge is 0.379 e. The molecular weight excluding hydrogens is 336 g/mol. The third-order valence-corrected chi connectivity index (χ3v) is 5.06. The Bertz CT molecular complexity index is 1190. The summed E-state index contributed by atoms with van der Waals surface area (Å²) in [4.78, 5) is 17.7. The molecule has 2 aromatic carbocycles. The first kappa shape index (κ1) is 15.6. The highest BCUT2D eigenvalue weighted by Gasteiger charge is 2.20. The summed E-state index contributed by atoms with van der Waals surface area (Å²) in [6, 6.07) is 17.5. The fourth-order valence-electron chi connectivity index (χ4n) is 3.60. The molecule has 0 aliphatic carbocycles. The molecule has 0 amide bonds. The second kappa shape index (κ2) is 5.99. The van der Waals surface area contributed by atoms with Crippen LogP contribution < -0.4 is 10.6 Å². The molecule has 27 heavy (non-hydrogen) atoms. The van der Waals surface area contributed by atoms with Crippen molar-refractivity contribution in [3.8, 4) is 0 Å². The number of nitrogens with one attached hydrogen (secondary N) is 2. The van der Waals surface area contributed by atoms with Gasteiger partial charge in [0.2, 0.25) is 0 Å². The standard InChI is InChI=1S/C22H18N4O/c1-26-11-9-14-12-15(7-8-19(14)26)21(27)17-5-2-6-18-20(17)25-22-16(13-24-18)4-3-10-23-22/h2-12,24H,13H2,1H3,(H,23,25). The second-order valence-corrected chi connectivity index (χ2v) is 6.75. The smallest absolute Gasteiger partial charge is 0.195 e. The fraction of sp³-hybridized carbons (Fsp3) is 0.0909. The number of benzene rings is 2. The molecule has 5 heteroatoms. The lowest BCUT2D eigenvalue weighted by Crippen LogP contribution is -2.07. The zero-order chi connectivity index (χ0) is 18.4. The van der Waals surface area contributed by atoms with Crippen molar-refractivity contribution < 1.29 is 4.79 Å². The van der Waals surface area contributed by atoms with Crippen LogP contribution in [0.25, 0.3) is 10.9 Å². The first-order chi connectivity index (χ1) is 13.2. The topological polar surface area (TPSA) is 59.0 Å². The van der Waals surface area contributed by atoms with E-state index < -0.39 is 0 Å². The van der Waals surface area contributed by atoms with Gasteiger partial charge in [0, 0.05) is 53.6 Å². The first-order valence-corrected chi connectivity index (χ1v) is 8.88. The van der Waals surface area contributed by atoms with Crippen molar-refractivity contribution in [1.82, 2.24) is 9.55 Å². The van der Waals surface area contributed by atoms with Crippen LogP contribution in [0.3, 0.4) is 0 Å². The Hall–Kier alpha value is -3.60. The van der Waals surface area contributed by atoms with Gasteiger partial charge in [-0.1, -0.05) is 12.1 Å². The Labute approximate surface area is 156 Å². The maximum absolute atomic E-state index is 13.3. The number of hydrogen-bond acceptors (Lipinski definition) is 4. The summed E-state index contributed by atoms with van der Waals surface area (Å²) in [5, 5.41) is 7.83. The van der Waals surface area contributed by atoms with Crippen LogP contribution in [0, 0.1) is 0 Å². The Morgan fingerprint density at radius 2 is 2.04 bits per heavy atom. The molecule has 2 aromatic heterocycles. The first-order valence-electron chi connectivity index (χ1n) is 8.88. The van der Waals surface area contributed by atoms with Crippen molar-refractivity contribution in [3.63, 3.8) is 0 Å². The summed E-state index contributed by atoms with van der Waals surface area (Å²) in [5.41, 5.74) is 5.16. The molecular formula is C22H18N4O. The molecule has 2 N–H and O–H groups in total. The quantitative estimate of drug-likeness (QED) is 0.521. The van der Waals surface area contributed by atoms with E-state index in [0.29, 0.717) is 17.7 Å². The van der Waals surface area contributed by atoms with Crippen LogP contribution in [0.15, 0.2) is 67.0 Å². The van der Waals surface area contributed by atoms with E-state index >= 15 is 0 Å². The number of fused-ring (bicyclic) bond motifs is 3. The van der Waals surface area contributed by atoms with Crippen LogP contribution in [-0.2, 0) is 13.6 Å². The Kier molecular flexibility index (Phi) is 3.47. The summed E-state index contributed by atoms with van der Waals surface area (Å²) < 4.78 is 2.05. The van der Waals surface area contributed by atoms with Crippen molar-refractivity contribution in [3.05, 3.63) is 83.7 Å². The lowest BCUT2D eigenvalue weighted by Gasteiger charge is -2.13. The molecule has 0 spiro atoms. The van der Waals surface area contributed by atoms with E-state index in [0.717, 1.165) is 33.7 Å². The zero-order valence-corrected chi connectivity index (χ0v) is 14.9. The highest BCUT2D eigenvalue weighted by Crippen LogP contribution is 2.35. The highest BCUT2D eigenvalue weighted by atomic mass is 16.1. The van der Waals surface area contributed by atoms with Gasteiger partial charge in [-0.15, -0.1) is 0 Å². The number of para-hydroxylation sites is 1. The third kappa shape index (κ3) is 2.56. The van der Waals surface area contributed by atoms with Gasteiger partial charge in [0.05, 0.1) is 11.4 Å². The molecule has 132 valence electrons. The van der Waals surface area contributed by atoms with E-state index in [-0.39, 0.29) is 5.78 Å². The third-order valence-electron chi connectivity index (χ3n) is 5.06. The van der Waals surface area contributed by atoms with Crippen LogP contribution in [-0.4, -0.2) is 15.3 Å². The normalized spacial score (nSPS) is 12.5. The molecule has 0 radical (unpaired) electrons. The summed E-state index contributed by atoms with van der Waals surface area (Å²) >= 11 is 0. The van der Waals surface area contributed by atoms with E-state index in [1.165, 1.54) is 0 Å². The van der Waals surface area contributed by atoms with Crippen LogP contribution in [0.1, 0.15) is 21.5 Å². The maximum Gasteiger partial charge on any atom is 0.195 e. The van der Waals surface area contributed by atoms with E-state index in [2.05, 4.69) is 15.6 Å². The molecule has 0 unspecified atom stereocenters. The fourth-order valence-corrected chi connectivity index (χ4v) is 3.60. The monoisotopic (exact) mass is 354 g/mol. The summed E-state index contributed by atoms with van der Waals surface area (Å²) in [6.45, 7) is 0.663. The number of rotatable bonds is 2. The summed E-state index contributed by atoms with van der Waals surface area (Å²) in [5.74, 6) is 0.772. The van der Waals surface area contributed by atoms with Crippen LogP contribution in [0.5, 0.6) is 0 Å². The number of anilines is 3. The predicted molar refractivity (Wildman–Crippen MR) is 108 cm³/mol. The SMILES string of the molecule is Cn1ccc2cc(C(=O)c3cccc4c3Nc3ncccc3CN4)ccc21. The molecule has 5 nitrogen and oxygen atoms in total. The number of carbonyl (C=O) groups is 1. The minimum Gasteiger partial charge on any atom is -0.379 e. The Balaban J connectivity index is 1.60. The maximum atomic E-state index is 13.3. The highest BCUT2D eigenvalue weighted by molar-refractivity contribution is 6.15. The minimum absolute atomic E-state index is 0.00807. The summed E-state index contributed by atoms with van der Waals surface area (Å²) in [7, 11) is 2.00. The van der Waals surface area contributed by atoms with E-state index in [9.17, 15) is 4.79 Å². The molecule has 0 saturated heterocycles. The number of carbonyl (C=O) groups excluding carboxylic acids is 1. The molecule has 1 aliphatic heterocycles. The molecule has 1 aliphatic rings. The van der Waals surface area contributed by atoms with Gasteiger partial charge in [0.25, 0.3) is 0 Å². The lowest BCUT2D eigenvalue weighted by molar-refractivity contribution is 0.103. The van der Waals surface area contributed by atoms with Crippen molar-refractivity contribution in [1.29, 1.82) is 0 Å². The van der Waals surface area contributed by atoms with Gasteiger partial charge in [-0.3, -0.25) is 4.79 Å². The lowest BCUT2D eigenvalue weighted by atomic mass is 9.99. The second-order valence-electron chi connectivity index (χ2n) is 6.75. The van der Waals surface area contributed by atoms with E-state index in [1.54, 1.807) is 6.20 Å². The Morgan fingerprint density at radius 3 is 2.96 bits per heavy atom. The van der Waals surface area contributed by atoms with Gasteiger partial charge in [0.1, 0.15) is 5.82 Å².